The normalized spacial score (nSPS) is 23.4. The molecule has 0 spiro atoms. The quantitative estimate of drug-likeness (QED) is 0.774. The number of hydrogen-bond acceptors (Lipinski definition) is 4. The molecule has 1 unspecified atom stereocenters. The Kier molecular flexibility index (Phi) is 4.07. The Morgan fingerprint density at radius 1 is 1.43 bits per heavy atom. The average Bonchev–Trinajstić information content (AvgIpc) is 2.78. The SMILES string of the molecule is Cc1c(N)cc(Br)cc1S(=O)(=O)N1CCC(C)(C(N)=O)C1. The van der Waals surface area contributed by atoms with Crippen LogP contribution in [0.1, 0.15) is 18.9 Å². The second-order valence-electron chi connectivity index (χ2n) is 5.63. The summed E-state index contributed by atoms with van der Waals surface area (Å²) in [4.78, 5) is 11.6. The maximum Gasteiger partial charge on any atom is 0.243 e. The minimum atomic E-state index is -3.70. The van der Waals surface area contributed by atoms with Crippen LogP contribution < -0.4 is 11.5 Å². The molecule has 1 heterocycles. The van der Waals surface area contributed by atoms with Gasteiger partial charge in [0.05, 0.1) is 10.3 Å². The zero-order valence-corrected chi connectivity index (χ0v) is 14.3. The number of carbonyl (C=O) groups is 1. The van der Waals surface area contributed by atoms with Crippen LogP contribution in [0, 0.1) is 12.3 Å². The first-order valence-electron chi connectivity index (χ1n) is 6.43. The number of halogens is 1. The summed E-state index contributed by atoms with van der Waals surface area (Å²) in [5.74, 6) is -0.481. The standard InChI is InChI=1S/C13H18BrN3O3S/c1-8-10(15)5-9(14)6-11(8)21(19,20)17-4-3-13(2,7-17)12(16)18/h5-6H,3-4,7,15H2,1-2H3,(H2,16,18). The molecule has 2 rings (SSSR count). The van der Waals surface area contributed by atoms with Gasteiger partial charge in [-0.15, -0.1) is 0 Å². The van der Waals surface area contributed by atoms with Gasteiger partial charge in [-0.3, -0.25) is 4.79 Å². The molecule has 0 radical (unpaired) electrons. The van der Waals surface area contributed by atoms with Crippen molar-refractivity contribution in [2.24, 2.45) is 11.1 Å². The third kappa shape index (κ3) is 2.79. The number of hydrogen-bond donors (Lipinski definition) is 2. The van der Waals surface area contributed by atoms with E-state index in [0.717, 1.165) is 0 Å². The van der Waals surface area contributed by atoms with Gasteiger partial charge in [0.25, 0.3) is 0 Å². The van der Waals surface area contributed by atoms with Crippen LogP contribution in [-0.2, 0) is 14.8 Å². The maximum absolute atomic E-state index is 12.8. The Morgan fingerprint density at radius 2 is 2.05 bits per heavy atom. The predicted octanol–water partition coefficient (Wildman–Crippen LogP) is 1.23. The molecule has 1 aliphatic heterocycles. The second-order valence-corrected chi connectivity index (χ2v) is 8.45. The minimum Gasteiger partial charge on any atom is -0.398 e. The molecule has 0 aromatic heterocycles. The lowest BCUT2D eigenvalue weighted by Gasteiger charge is -2.22. The van der Waals surface area contributed by atoms with E-state index < -0.39 is 21.3 Å². The van der Waals surface area contributed by atoms with Gasteiger partial charge in [-0.2, -0.15) is 4.31 Å². The molecule has 0 bridgehead atoms. The van der Waals surface area contributed by atoms with E-state index in [1.807, 2.05) is 0 Å². The van der Waals surface area contributed by atoms with Crippen LogP contribution in [0.3, 0.4) is 0 Å². The Bertz CT molecular complexity index is 705. The number of rotatable bonds is 3. The highest BCUT2D eigenvalue weighted by Gasteiger charge is 2.44. The van der Waals surface area contributed by atoms with Crippen LogP contribution in [0.2, 0.25) is 0 Å². The molecule has 1 atom stereocenters. The van der Waals surface area contributed by atoms with Crippen molar-refractivity contribution in [3.05, 3.63) is 22.2 Å². The summed E-state index contributed by atoms with van der Waals surface area (Å²) in [6, 6.07) is 3.19. The fourth-order valence-corrected chi connectivity index (χ4v) is 4.88. The lowest BCUT2D eigenvalue weighted by molar-refractivity contribution is -0.126. The molecular weight excluding hydrogens is 358 g/mol. The zero-order chi connectivity index (χ0) is 16.0. The van der Waals surface area contributed by atoms with Crippen molar-refractivity contribution in [2.75, 3.05) is 18.8 Å². The first-order chi connectivity index (χ1) is 9.58. The fraction of sp³-hybridized carbons (Fsp3) is 0.462. The third-order valence-electron chi connectivity index (χ3n) is 4.02. The first-order valence-corrected chi connectivity index (χ1v) is 8.67. The number of primary amides is 1. The van der Waals surface area contributed by atoms with Gasteiger partial charge in [-0.05, 0) is 38.0 Å². The van der Waals surface area contributed by atoms with Gasteiger partial charge >= 0.3 is 0 Å². The Hall–Kier alpha value is -1.12. The number of sulfonamides is 1. The molecule has 1 aromatic carbocycles. The second kappa shape index (κ2) is 5.26. The summed E-state index contributed by atoms with van der Waals surface area (Å²) in [6.45, 7) is 3.72. The van der Waals surface area contributed by atoms with Gasteiger partial charge in [0.2, 0.25) is 15.9 Å². The monoisotopic (exact) mass is 375 g/mol. The van der Waals surface area contributed by atoms with E-state index >= 15 is 0 Å². The van der Waals surface area contributed by atoms with Crippen molar-refractivity contribution in [1.82, 2.24) is 4.31 Å². The summed E-state index contributed by atoms with van der Waals surface area (Å²) < 4.78 is 27.4. The van der Waals surface area contributed by atoms with Crippen molar-refractivity contribution < 1.29 is 13.2 Å². The zero-order valence-electron chi connectivity index (χ0n) is 11.9. The maximum atomic E-state index is 12.8. The van der Waals surface area contributed by atoms with Crippen LogP contribution in [0.4, 0.5) is 5.69 Å². The summed E-state index contributed by atoms with van der Waals surface area (Å²) in [5, 5.41) is 0. The van der Waals surface area contributed by atoms with Crippen molar-refractivity contribution in [1.29, 1.82) is 0 Å². The number of anilines is 1. The van der Waals surface area contributed by atoms with E-state index in [4.69, 9.17) is 11.5 Å². The van der Waals surface area contributed by atoms with Gasteiger partial charge < -0.3 is 11.5 Å². The van der Waals surface area contributed by atoms with E-state index in [1.165, 1.54) is 10.4 Å². The third-order valence-corrected chi connectivity index (χ3v) is 6.45. The summed E-state index contributed by atoms with van der Waals surface area (Å²) in [6.07, 6.45) is 0.421. The van der Waals surface area contributed by atoms with Gasteiger partial charge in [0.1, 0.15) is 0 Å². The van der Waals surface area contributed by atoms with Crippen LogP contribution in [0.25, 0.3) is 0 Å². The number of nitrogens with zero attached hydrogens (tertiary/aromatic N) is 1. The Morgan fingerprint density at radius 3 is 2.57 bits per heavy atom. The van der Waals surface area contributed by atoms with Crippen molar-refractivity contribution in [2.45, 2.75) is 25.2 Å². The summed E-state index contributed by atoms with van der Waals surface area (Å²) in [7, 11) is -3.70. The molecule has 1 fully saturated rings. The topological polar surface area (TPSA) is 106 Å². The Labute approximate surface area is 132 Å². The van der Waals surface area contributed by atoms with Crippen LogP contribution in [0.5, 0.6) is 0 Å². The molecule has 1 aromatic rings. The van der Waals surface area contributed by atoms with E-state index in [9.17, 15) is 13.2 Å². The van der Waals surface area contributed by atoms with Crippen molar-refractivity contribution >= 4 is 37.5 Å². The molecule has 116 valence electrons. The van der Waals surface area contributed by atoms with Crippen LogP contribution in [-0.4, -0.2) is 31.7 Å². The summed E-state index contributed by atoms with van der Waals surface area (Å²) >= 11 is 3.26. The van der Waals surface area contributed by atoms with E-state index in [2.05, 4.69) is 15.9 Å². The number of nitrogens with two attached hydrogens (primary N) is 2. The lowest BCUT2D eigenvalue weighted by atomic mass is 9.89. The number of carbonyl (C=O) groups excluding carboxylic acids is 1. The van der Waals surface area contributed by atoms with Crippen LogP contribution >= 0.6 is 15.9 Å². The van der Waals surface area contributed by atoms with Crippen molar-refractivity contribution in [3.8, 4) is 0 Å². The number of nitrogen functional groups attached to an aromatic ring is 1. The molecule has 0 saturated carbocycles. The van der Waals surface area contributed by atoms with E-state index in [-0.39, 0.29) is 18.0 Å². The van der Waals surface area contributed by atoms with Crippen LogP contribution in [0.15, 0.2) is 21.5 Å². The van der Waals surface area contributed by atoms with E-state index in [0.29, 0.717) is 22.1 Å². The molecule has 0 aliphatic carbocycles. The fourth-order valence-electron chi connectivity index (χ4n) is 2.41. The first kappa shape index (κ1) is 16.3. The minimum absolute atomic E-state index is 0.0938. The molecule has 8 heteroatoms. The molecule has 1 aliphatic rings. The highest BCUT2D eigenvalue weighted by atomic mass is 79.9. The molecular formula is C13H18BrN3O3S. The van der Waals surface area contributed by atoms with Crippen molar-refractivity contribution in [3.63, 3.8) is 0 Å². The highest BCUT2D eigenvalue weighted by Crippen LogP contribution is 2.35. The van der Waals surface area contributed by atoms with Gasteiger partial charge in [0, 0.05) is 23.2 Å². The smallest absolute Gasteiger partial charge is 0.243 e. The molecule has 1 amide bonds. The number of amides is 1. The molecule has 4 N–H and O–H groups in total. The van der Waals surface area contributed by atoms with Gasteiger partial charge in [-0.1, -0.05) is 15.9 Å². The predicted molar refractivity (Wildman–Crippen MR) is 84.0 cm³/mol. The average molecular weight is 376 g/mol. The molecule has 21 heavy (non-hydrogen) atoms. The molecule has 1 saturated heterocycles. The summed E-state index contributed by atoms with van der Waals surface area (Å²) in [5.41, 5.74) is 11.3. The number of benzene rings is 1. The Balaban J connectivity index is 2.43. The molecule has 6 nitrogen and oxygen atoms in total. The lowest BCUT2D eigenvalue weighted by Crippen LogP contribution is -2.38. The van der Waals surface area contributed by atoms with Gasteiger partial charge in [0.15, 0.2) is 0 Å². The highest BCUT2D eigenvalue weighted by molar-refractivity contribution is 9.10. The van der Waals surface area contributed by atoms with Gasteiger partial charge in [-0.25, -0.2) is 8.42 Å². The van der Waals surface area contributed by atoms with E-state index in [1.54, 1.807) is 19.9 Å². The largest absolute Gasteiger partial charge is 0.398 e.